The van der Waals surface area contributed by atoms with Crippen molar-refractivity contribution in [2.75, 3.05) is 20.3 Å². The number of halogens is 2. The van der Waals surface area contributed by atoms with Crippen LogP contribution in [0.2, 0.25) is 10.0 Å². The molecule has 176 valence electrons. The molecule has 0 aliphatic carbocycles. The summed E-state index contributed by atoms with van der Waals surface area (Å²) in [6, 6.07) is 6.84. The molecule has 0 amide bonds. The summed E-state index contributed by atoms with van der Waals surface area (Å²) in [7, 11) is 1.37. The number of ketones is 1. The Morgan fingerprint density at radius 2 is 1.91 bits per heavy atom. The topological polar surface area (TPSA) is 52.6 Å². The minimum absolute atomic E-state index is 0.0856. The second kappa shape index (κ2) is 11.1. The van der Waals surface area contributed by atoms with E-state index in [1.54, 1.807) is 18.2 Å². The van der Waals surface area contributed by atoms with Crippen LogP contribution in [0.3, 0.4) is 0 Å². The van der Waals surface area contributed by atoms with Gasteiger partial charge in [-0.2, -0.15) is 0 Å². The third-order valence-corrected chi connectivity index (χ3v) is 7.16. The lowest BCUT2D eigenvalue weighted by atomic mass is 9.77. The number of benzene rings is 1. The zero-order valence-corrected chi connectivity index (χ0v) is 21.6. The third-order valence-electron chi connectivity index (χ3n) is 5.56. The molecule has 0 N–H and O–H groups in total. The van der Waals surface area contributed by atoms with E-state index in [0.717, 1.165) is 23.3 Å². The number of ether oxygens (including phenoxy) is 2. The molecule has 1 atom stereocenters. The smallest absolute Gasteiger partial charge is 0.348 e. The zero-order valence-electron chi connectivity index (χ0n) is 19.3. The normalized spacial score (nSPS) is 15.5. The number of thiophene rings is 1. The molecule has 4 nitrogen and oxygen atoms in total. The summed E-state index contributed by atoms with van der Waals surface area (Å²) in [6.07, 6.45) is 1.84. The van der Waals surface area contributed by atoms with Gasteiger partial charge in [-0.05, 0) is 75.3 Å². The van der Waals surface area contributed by atoms with Crippen molar-refractivity contribution in [1.29, 1.82) is 0 Å². The lowest BCUT2D eigenvalue weighted by molar-refractivity contribution is 0.0541. The monoisotopic (exact) mass is 506 g/mol. The average molecular weight is 507 g/mol. The fourth-order valence-corrected chi connectivity index (χ4v) is 5.43. The summed E-state index contributed by atoms with van der Waals surface area (Å²) in [4.78, 5) is 27.3. The Balaban J connectivity index is 2.04. The number of carbonyl (C=O) groups excluding carboxylic acids is 2. The van der Waals surface area contributed by atoms with Crippen molar-refractivity contribution >= 4 is 46.3 Å². The number of hydrogen-bond acceptors (Lipinski definition) is 5. The highest BCUT2D eigenvalue weighted by Crippen LogP contribution is 2.41. The van der Waals surface area contributed by atoms with Crippen molar-refractivity contribution in [2.24, 2.45) is 11.3 Å². The Morgan fingerprint density at radius 3 is 2.52 bits per heavy atom. The summed E-state index contributed by atoms with van der Waals surface area (Å²) in [5.74, 6) is 5.94. The van der Waals surface area contributed by atoms with Crippen LogP contribution in [0.5, 0.6) is 0 Å². The quantitative estimate of drug-likeness (QED) is 0.240. The fourth-order valence-electron chi connectivity index (χ4n) is 3.92. The van der Waals surface area contributed by atoms with Crippen molar-refractivity contribution in [2.45, 2.75) is 46.0 Å². The predicted molar refractivity (Wildman–Crippen MR) is 134 cm³/mol. The maximum atomic E-state index is 13.3. The standard InChI is InChI=1S/C26H28Cl2O4S/c1-26(2,3)10-7-18-14-21(24(33-18)25(30)31-4)20(16-8-11-32-12-9-16)15-23(29)19-6-5-17(27)13-22(19)28/h5-6,13-14,16,20H,8-9,11-12,15H2,1-4H3. The van der Waals surface area contributed by atoms with Gasteiger partial charge < -0.3 is 9.47 Å². The molecule has 1 aromatic heterocycles. The number of rotatable bonds is 6. The Kier molecular flexibility index (Phi) is 8.64. The molecule has 3 rings (SSSR count). The van der Waals surface area contributed by atoms with Crippen molar-refractivity contribution in [3.63, 3.8) is 0 Å². The first kappa shape index (κ1) is 25.8. The van der Waals surface area contributed by atoms with Gasteiger partial charge in [0.25, 0.3) is 0 Å². The molecule has 1 aromatic carbocycles. The molecule has 0 radical (unpaired) electrons. The molecule has 1 saturated heterocycles. The molecular formula is C26H28Cl2O4S. The van der Waals surface area contributed by atoms with Crippen LogP contribution in [0.15, 0.2) is 24.3 Å². The molecular weight excluding hydrogens is 479 g/mol. The van der Waals surface area contributed by atoms with E-state index in [1.807, 2.05) is 26.8 Å². The summed E-state index contributed by atoms with van der Waals surface area (Å²) in [6.45, 7) is 7.37. The van der Waals surface area contributed by atoms with Gasteiger partial charge in [0.1, 0.15) is 4.88 Å². The van der Waals surface area contributed by atoms with Crippen LogP contribution in [-0.2, 0) is 9.47 Å². The Morgan fingerprint density at radius 1 is 1.21 bits per heavy atom. The van der Waals surface area contributed by atoms with Crippen molar-refractivity contribution < 1.29 is 19.1 Å². The Hall–Kier alpha value is -1.84. The molecule has 7 heteroatoms. The lowest BCUT2D eigenvalue weighted by Crippen LogP contribution is -2.25. The highest BCUT2D eigenvalue weighted by Gasteiger charge is 2.33. The van der Waals surface area contributed by atoms with Gasteiger partial charge in [0.2, 0.25) is 0 Å². The van der Waals surface area contributed by atoms with E-state index in [4.69, 9.17) is 32.7 Å². The maximum Gasteiger partial charge on any atom is 0.348 e. The highest BCUT2D eigenvalue weighted by atomic mass is 35.5. The zero-order chi connectivity index (χ0) is 24.2. The van der Waals surface area contributed by atoms with Crippen LogP contribution in [0.1, 0.15) is 76.4 Å². The van der Waals surface area contributed by atoms with Gasteiger partial charge in [-0.15, -0.1) is 11.3 Å². The van der Waals surface area contributed by atoms with E-state index >= 15 is 0 Å². The van der Waals surface area contributed by atoms with Crippen LogP contribution in [0.4, 0.5) is 0 Å². The largest absolute Gasteiger partial charge is 0.465 e. The van der Waals surface area contributed by atoms with Crippen LogP contribution in [-0.4, -0.2) is 32.1 Å². The van der Waals surface area contributed by atoms with Gasteiger partial charge in [0, 0.05) is 35.6 Å². The number of hydrogen-bond donors (Lipinski definition) is 0. The van der Waals surface area contributed by atoms with Crippen LogP contribution < -0.4 is 0 Å². The van der Waals surface area contributed by atoms with Crippen molar-refractivity contribution in [3.05, 3.63) is 55.2 Å². The van der Waals surface area contributed by atoms with Gasteiger partial charge in [-0.1, -0.05) is 35.0 Å². The van der Waals surface area contributed by atoms with Gasteiger partial charge >= 0.3 is 5.97 Å². The van der Waals surface area contributed by atoms with Crippen molar-refractivity contribution in [3.8, 4) is 11.8 Å². The molecule has 0 saturated carbocycles. The first-order valence-electron chi connectivity index (χ1n) is 10.9. The number of carbonyl (C=O) groups is 2. The molecule has 33 heavy (non-hydrogen) atoms. The van der Waals surface area contributed by atoms with E-state index in [2.05, 4.69) is 11.8 Å². The molecule has 1 unspecified atom stereocenters. The van der Waals surface area contributed by atoms with Gasteiger partial charge in [0.15, 0.2) is 5.78 Å². The van der Waals surface area contributed by atoms with E-state index in [0.29, 0.717) is 33.7 Å². The second-order valence-electron chi connectivity index (χ2n) is 9.19. The molecule has 1 fully saturated rings. The predicted octanol–water partition coefficient (Wildman–Crippen LogP) is 7.02. The van der Waals surface area contributed by atoms with E-state index in [9.17, 15) is 9.59 Å². The summed E-state index contributed by atoms with van der Waals surface area (Å²) in [5.41, 5.74) is 1.08. The molecule has 1 aliphatic heterocycles. The second-order valence-corrected chi connectivity index (χ2v) is 11.1. The van der Waals surface area contributed by atoms with Crippen LogP contribution in [0, 0.1) is 23.2 Å². The Bertz CT molecular complexity index is 1080. The number of esters is 1. The first-order chi connectivity index (χ1) is 15.6. The van der Waals surface area contributed by atoms with Crippen LogP contribution >= 0.6 is 34.5 Å². The SMILES string of the molecule is COC(=O)c1sc(C#CC(C)(C)C)cc1C(CC(=O)c1ccc(Cl)cc1Cl)C1CCOCC1. The van der Waals surface area contributed by atoms with Crippen molar-refractivity contribution in [1.82, 2.24) is 0 Å². The summed E-state index contributed by atoms with van der Waals surface area (Å²) < 4.78 is 10.6. The molecule has 0 bridgehead atoms. The first-order valence-corrected chi connectivity index (χ1v) is 12.5. The van der Waals surface area contributed by atoms with Gasteiger partial charge in [-0.25, -0.2) is 4.79 Å². The van der Waals surface area contributed by atoms with Gasteiger partial charge in [0.05, 0.1) is 17.0 Å². The summed E-state index contributed by atoms with van der Waals surface area (Å²) in [5, 5.41) is 0.805. The average Bonchev–Trinajstić information content (AvgIpc) is 3.19. The molecule has 2 aromatic rings. The third kappa shape index (κ3) is 6.83. The minimum atomic E-state index is -0.409. The molecule has 2 heterocycles. The Labute approximate surface area is 209 Å². The van der Waals surface area contributed by atoms with E-state index < -0.39 is 5.97 Å². The fraction of sp³-hybridized carbons (Fsp3) is 0.462. The molecule has 0 spiro atoms. The number of Topliss-reactive ketones (excluding diaryl/α,β-unsaturated/α-hetero) is 1. The summed E-state index contributed by atoms with van der Waals surface area (Å²) >= 11 is 13.6. The van der Waals surface area contributed by atoms with Gasteiger partial charge in [-0.3, -0.25) is 4.79 Å². The molecule has 1 aliphatic rings. The minimum Gasteiger partial charge on any atom is -0.465 e. The highest BCUT2D eigenvalue weighted by molar-refractivity contribution is 7.14. The lowest BCUT2D eigenvalue weighted by Gasteiger charge is -2.30. The maximum absolute atomic E-state index is 13.3. The van der Waals surface area contributed by atoms with E-state index in [1.165, 1.54) is 18.4 Å². The van der Waals surface area contributed by atoms with E-state index in [-0.39, 0.29) is 29.5 Å². The van der Waals surface area contributed by atoms with Crippen LogP contribution in [0.25, 0.3) is 0 Å². The number of methoxy groups -OCH3 is 1.